The molecule has 1 saturated carbocycles. The summed E-state index contributed by atoms with van der Waals surface area (Å²) in [6, 6.07) is 0. The van der Waals surface area contributed by atoms with Crippen LogP contribution in [0.2, 0.25) is 0 Å². The van der Waals surface area contributed by atoms with E-state index in [0.717, 1.165) is 16.7 Å². The predicted octanol–water partition coefficient (Wildman–Crippen LogP) is 4.77. The second kappa shape index (κ2) is 6.06. The summed E-state index contributed by atoms with van der Waals surface area (Å²) in [4.78, 5) is 0.820. The maximum atomic E-state index is 3.83. The molecule has 13 heavy (non-hydrogen) atoms. The summed E-state index contributed by atoms with van der Waals surface area (Å²) < 4.78 is 0. The van der Waals surface area contributed by atoms with Gasteiger partial charge in [0.25, 0.3) is 0 Å². The Morgan fingerprint density at radius 1 is 1.23 bits per heavy atom. The first kappa shape index (κ1) is 11.6. The van der Waals surface area contributed by atoms with Crippen molar-refractivity contribution in [3.8, 4) is 0 Å². The summed E-state index contributed by atoms with van der Waals surface area (Å²) in [5, 5.41) is 0. The summed E-state index contributed by atoms with van der Waals surface area (Å²) in [5.74, 6) is 1.94. The molecule has 0 spiro atoms. The van der Waals surface area contributed by atoms with Gasteiger partial charge in [-0.2, -0.15) is 0 Å². The number of hydrogen-bond donors (Lipinski definition) is 0. The zero-order valence-electron chi connectivity index (χ0n) is 9.06. The van der Waals surface area contributed by atoms with E-state index in [1.807, 2.05) is 0 Å². The highest BCUT2D eigenvalue weighted by Crippen LogP contribution is 2.36. The second-order valence-electron chi connectivity index (χ2n) is 4.69. The largest absolute Gasteiger partial charge is 0.0888 e. The van der Waals surface area contributed by atoms with E-state index in [0.29, 0.717) is 0 Å². The van der Waals surface area contributed by atoms with Gasteiger partial charge in [0.2, 0.25) is 0 Å². The number of halogens is 1. The van der Waals surface area contributed by atoms with Crippen LogP contribution < -0.4 is 0 Å². The first-order valence-corrected chi connectivity index (χ1v) is 6.79. The van der Waals surface area contributed by atoms with E-state index >= 15 is 0 Å². The van der Waals surface area contributed by atoms with Crippen LogP contribution in [0, 0.1) is 11.8 Å². The lowest BCUT2D eigenvalue weighted by Gasteiger charge is -2.31. The van der Waals surface area contributed by atoms with Crippen LogP contribution in [-0.4, -0.2) is 4.83 Å². The van der Waals surface area contributed by atoms with Gasteiger partial charge in [-0.05, 0) is 37.5 Å². The van der Waals surface area contributed by atoms with E-state index in [9.17, 15) is 0 Å². The quantitative estimate of drug-likeness (QED) is 0.496. The molecule has 0 saturated heterocycles. The standard InChI is InChI=1S/C12H23Br/c1-3-4-5-6-11-9-10(2)7-8-12(11)13/h10-12H,3-9H2,1-2H3. The molecule has 0 amide bonds. The molecule has 0 heterocycles. The highest BCUT2D eigenvalue weighted by molar-refractivity contribution is 9.09. The zero-order valence-corrected chi connectivity index (χ0v) is 10.6. The van der Waals surface area contributed by atoms with Crippen molar-refractivity contribution in [1.29, 1.82) is 0 Å². The molecule has 3 unspecified atom stereocenters. The van der Waals surface area contributed by atoms with Gasteiger partial charge in [0.15, 0.2) is 0 Å². The van der Waals surface area contributed by atoms with E-state index in [1.165, 1.54) is 44.9 Å². The fraction of sp³-hybridized carbons (Fsp3) is 1.00. The Morgan fingerprint density at radius 2 is 2.00 bits per heavy atom. The summed E-state index contributed by atoms with van der Waals surface area (Å²) in [6.45, 7) is 4.70. The minimum Gasteiger partial charge on any atom is -0.0888 e. The topological polar surface area (TPSA) is 0 Å². The third-order valence-electron chi connectivity index (χ3n) is 3.33. The first-order chi connectivity index (χ1) is 6.24. The molecule has 3 atom stereocenters. The van der Waals surface area contributed by atoms with E-state index in [4.69, 9.17) is 0 Å². The molecule has 0 bridgehead atoms. The van der Waals surface area contributed by atoms with Crippen LogP contribution in [0.1, 0.15) is 58.8 Å². The van der Waals surface area contributed by atoms with Gasteiger partial charge in [0.1, 0.15) is 0 Å². The second-order valence-corrected chi connectivity index (χ2v) is 5.87. The van der Waals surface area contributed by atoms with Gasteiger partial charge in [-0.3, -0.25) is 0 Å². The molecule has 78 valence electrons. The maximum absolute atomic E-state index is 3.83. The van der Waals surface area contributed by atoms with Gasteiger partial charge in [-0.1, -0.05) is 49.0 Å². The lowest BCUT2D eigenvalue weighted by atomic mass is 9.80. The Labute approximate surface area is 91.6 Å². The lowest BCUT2D eigenvalue weighted by molar-refractivity contribution is 0.276. The number of rotatable bonds is 4. The minimum atomic E-state index is 0.820. The fourth-order valence-corrected chi connectivity index (χ4v) is 3.16. The van der Waals surface area contributed by atoms with Crippen LogP contribution >= 0.6 is 15.9 Å². The van der Waals surface area contributed by atoms with E-state index in [2.05, 4.69) is 29.8 Å². The molecule has 0 aliphatic heterocycles. The fourth-order valence-electron chi connectivity index (χ4n) is 2.42. The van der Waals surface area contributed by atoms with Crippen molar-refractivity contribution >= 4 is 15.9 Å². The Morgan fingerprint density at radius 3 is 2.69 bits per heavy atom. The van der Waals surface area contributed by atoms with E-state index in [-0.39, 0.29) is 0 Å². The van der Waals surface area contributed by atoms with Gasteiger partial charge in [-0.25, -0.2) is 0 Å². The molecule has 0 aromatic rings. The zero-order chi connectivity index (χ0) is 9.68. The Kier molecular flexibility index (Phi) is 5.38. The maximum Gasteiger partial charge on any atom is 0.0174 e. The van der Waals surface area contributed by atoms with Crippen LogP contribution in [-0.2, 0) is 0 Å². The summed E-state index contributed by atoms with van der Waals surface area (Å²) in [5.41, 5.74) is 0. The van der Waals surface area contributed by atoms with Crippen LogP contribution in [0.5, 0.6) is 0 Å². The van der Waals surface area contributed by atoms with Crippen LogP contribution in [0.3, 0.4) is 0 Å². The summed E-state index contributed by atoms with van der Waals surface area (Å²) in [6.07, 6.45) is 9.96. The highest BCUT2D eigenvalue weighted by atomic mass is 79.9. The van der Waals surface area contributed by atoms with Crippen molar-refractivity contribution in [3.63, 3.8) is 0 Å². The highest BCUT2D eigenvalue weighted by Gasteiger charge is 2.25. The Hall–Kier alpha value is 0.480. The van der Waals surface area contributed by atoms with Gasteiger partial charge in [0.05, 0.1) is 0 Å². The molecular weight excluding hydrogens is 224 g/mol. The SMILES string of the molecule is CCCCCC1CC(C)CCC1Br. The Balaban J connectivity index is 2.21. The first-order valence-electron chi connectivity index (χ1n) is 5.88. The number of hydrogen-bond acceptors (Lipinski definition) is 0. The predicted molar refractivity (Wildman–Crippen MR) is 63.4 cm³/mol. The molecule has 1 aliphatic rings. The third kappa shape index (κ3) is 4.01. The van der Waals surface area contributed by atoms with Crippen molar-refractivity contribution in [3.05, 3.63) is 0 Å². The smallest absolute Gasteiger partial charge is 0.0174 e. The van der Waals surface area contributed by atoms with Gasteiger partial charge in [0, 0.05) is 4.83 Å². The molecule has 0 nitrogen and oxygen atoms in total. The van der Waals surface area contributed by atoms with Gasteiger partial charge in [-0.15, -0.1) is 0 Å². The van der Waals surface area contributed by atoms with E-state index < -0.39 is 0 Å². The van der Waals surface area contributed by atoms with Gasteiger partial charge < -0.3 is 0 Å². The monoisotopic (exact) mass is 246 g/mol. The molecule has 1 rings (SSSR count). The normalized spacial score (nSPS) is 34.8. The lowest BCUT2D eigenvalue weighted by Crippen LogP contribution is -2.23. The average Bonchev–Trinajstić information content (AvgIpc) is 2.11. The molecule has 0 radical (unpaired) electrons. The van der Waals surface area contributed by atoms with Crippen LogP contribution in [0.25, 0.3) is 0 Å². The molecule has 1 heteroatoms. The summed E-state index contributed by atoms with van der Waals surface area (Å²) >= 11 is 3.83. The van der Waals surface area contributed by atoms with E-state index in [1.54, 1.807) is 0 Å². The number of unbranched alkanes of at least 4 members (excludes halogenated alkanes) is 2. The van der Waals surface area contributed by atoms with Crippen LogP contribution in [0.15, 0.2) is 0 Å². The van der Waals surface area contributed by atoms with Crippen molar-refractivity contribution in [1.82, 2.24) is 0 Å². The van der Waals surface area contributed by atoms with Crippen molar-refractivity contribution in [2.45, 2.75) is 63.6 Å². The molecule has 1 aliphatic carbocycles. The Bertz CT molecular complexity index is 133. The third-order valence-corrected chi connectivity index (χ3v) is 4.54. The molecule has 0 aromatic carbocycles. The van der Waals surface area contributed by atoms with Crippen molar-refractivity contribution in [2.75, 3.05) is 0 Å². The summed E-state index contributed by atoms with van der Waals surface area (Å²) in [7, 11) is 0. The van der Waals surface area contributed by atoms with Crippen molar-refractivity contribution in [2.24, 2.45) is 11.8 Å². The molecule has 1 fully saturated rings. The number of alkyl halides is 1. The van der Waals surface area contributed by atoms with Gasteiger partial charge >= 0.3 is 0 Å². The average molecular weight is 247 g/mol. The van der Waals surface area contributed by atoms with Crippen LogP contribution in [0.4, 0.5) is 0 Å². The van der Waals surface area contributed by atoms with Crippen molar-refractivity contribution < 1.29 is 0 Å². The molecular formula is C12H23Br. The molecule has 0 N–H and O–H groups in total. The minimum absolute atomic E-state index is 0.820. The molecule has 0 aromatic heterocycles.